The quantitative estimate of drug-likeness (QED) is 0.395. The van der Waals surface area contributed by atoms with Gasteiger partial charge in [-0.15, -0.1) is 10.2 Å². The number of hydrogen-bond donors (Lipinski definition) is 2. The van der Waals surface area contributed by atoms with Gasteiger partial charge in [0.1, 0.15) is 17.6 Å². The van der Waals surface area contributed by atoms with Crippen molar-refractivity contribution in [2.75, 3.05) is 30.9 Å². The SMILES string of the molecule is CCOc1cc(-c2nncn2C)ccc1Nc1ncc2ccnc(NCC(C)(C)OC)c2n1. The number of rotatable bonds is 9. The first kappa shape index (κ1) is 22.4. The van der Waals surface area contributed by atoms with Gasteiger partial charge < -0.3 is 24.7 Å². The monoisotopic (exact) mass is 448 g/mol. The molecule has 0 radical (unpaired) electrons. The minimum atomic E-state index is -0.338. The van der Waals surface area contributed by atoms with Crippen LogP contribution in [0.1, 0.15) is 20.8 Å². The van der Waals surface area contributed by atoms with Gasteiger partial charge in [0, 0.05) is 44.0 Å². The van der Waals surface area contributed by atoms with Crippen LogP contribution in [0.4, 0.5) is 17.5 Å². The van der Waals surface area contributed by atoms with Gasteiger partial charge in [0.2, 0.25) is 5.95 Å². The molecule has 1 aromatic carbocycles. The van der Waals surface area contributed by atoms with Crippen molar-refractivity contribution in [3.05, 3.63) is 43.0 Å². The summed E-state index contributed by atoms with van der Waals surface area (Å²) in [7, 11) is 3.59. The summed E-state index contributed by atoms with van der Waals surface area (Å²) in [6, 6.07) is 7.69. The van der Waals surface area contributed by atoms with Crippen molar-refractivity contribution in [2.24, 2.45) is 7.05 Å². The Balaban J connectivity index is 1.64. The molecule has 172 valence electrons. The molecule has 0 aliphatic heterocycles. The van der Waals surface area contributed by atoms with Crippen LogP contribution >= 0.6 is 0 Å². The molecule has 0 spiro atoms. The van der Waals surface area contributed by atoms with Crippen LogP contribution in [0, 0.1) is 0 Å². The number of anilines is 3. The Kier molecular flexibility index (Phi) is 6.36. The van der Waals surface area contributed by atoms with E-state index in [1.165, 1.54) is 0 Å². The van der Waals surface area contributed by atoms with E-state index in [-0.39, 0.29) is 5.60 Å². The molecule has 0 amide bonds. The zero-order valence-electron chi connectivity index (χ0n) is 19.5. The van der Waals surface area contributed by atoms with Gasteiger partial charge >= 0.3 is 0 Å². The van der Waals surface area contributed by atoms with Crippen LogP contribution in [0.2, 0.25) is 0 Å². The van der Waals surface area contributed by atoms with E-state index in [2.05, 4.69) is 30.8 Å². The summed E-state index contributed by atoms with van der Waals surface area (Å²) in [6.07, 6.45) is 5.17. The maximum Gasteiger partial charge on any atom is 0.227 e. The Hall–Kier alpha value is -3.79. The predicted molar refractivity (Wildman–Crippen MR) is 128 cm³/mol. The topological polar surface area (TPSA) is 112 Å². The third-order valence-electron chi connectivity index (χ3n) is 5.23. The van der Waals surface area contributed by atoms with E-state index in [1.54, 1.807) is 25.8 Å². The van der Waals surface area contributed by atoms with Crippen molar-refractivity contribution < 1.29 is 9.47 Å². The molecule has 0 aliphatic rings. The number of benzene rings is 1. The zero-order valence-corrected chi connectivity index (χ0v) is 19.5. The number of ether oxygens (including phenoxy) is 2. The summed E-state index contributed by atoms with van der Waals surface area (Å²) < 4.78 is 13.2. The summed E-state index contributed by atoms with van der Waals surface area (Å²) in [4.78, 5) is 13.6. The molecule has 0 aliphatic carbocycles. The zero-order chi connectivity index (χ0) is 23.4. The van der Waals surface area contributed by atoms with E-state index in [4.69, 9.17) is 14.5 Å². The smallest absolute Gasteiger partial charge is 0.227 e. The standard InChI is InChI=1S/C23H28N8O2/c1-6-33-18-11-15(21-30-27-14-31(21)4)7-8-17(18)28-22-25-12-16-9-10-24-20(19(16)29-22)26-13-23(2,3)32-5/h7-12,14H,6,13H2,1-5H3,(H,24,26)(H,25,28,29). The lowest BCUT2D eigenvalue weighted by molar-refractivity contribution is 0.0343. The van der Waals surface area contributed by atoms with E-state index < -0.39 is 0 Å². The minimum absolute atomic E-state index is 0.338. The lowest BCUT2D eigenvalue weighted by atomic mass is 10.1. The van der Waals surface area contributed by atoms with Gasteiger partial charge in [-0.05, 0) is 45.0 Å². The van der Waals surface area contributed by atoms with Crippen molar-refractivity contribution in [1.82, 2.24) is 29.7 Å². The van der Waals surface area contributed by atoms with Crippen molar-refractivity contribution >= 4 is 28.4 Å². The van der Waals surface area contributed by atoms with Crippen molar-refractivity contribution in [3.63, 3.8) is 0 Å². The highest BCUT2D eigenvalue weighted by molar-refractivity contribution is 5.88. The molecule has 10 nitrogen and oxygen atoms in total. The number of nitrogens with zero attached hydrogens (tertiary/aromatic N) is 6. The molecular weight excluding hydrogens is 420 g/mol. The average Bonchev–Trinajstić information content (AvgIpc) is 3.25. The van der Waals surface area contributed by atoms with Gasteiger partial charge in [-0.1, -0.05) is 0 Å². The van der Waals surface area contributed by atoms with E-state index in [9.17, 15) is 0 Å². The number of nitrogens with one attached hydrogen (secondary N) is 2. The summed E-state index contributed by atoms with van der Waals surface area (Å²) in [5.74, 6) is 2.54. The highest BCUT2D eigenvalue weighted by Gasteiger charge is 2.17. The second kappa shape index (κ2) is 9.37. The first-order valence-electron chi connectivity index (χ1n) is 10.7. The van der Waals surface area contributed by atoms with E-state index in [1.807, 2.05) is 56.7 Å². The highest BCUT2D eigenvalue weighted by Crippen LogP contribution is 2.32. The first-order chi connectivity index (χ1) is 15.9. The van der Waals surface area contributed by atoms with Crippen LogP contribution in [-0.4, -0.2) is 55.6 Å². The lowest BCUT2D eigenvalue weighted by Crippen LogP contribution is -2.32. The number of hydrogen-bond acceptors (Lipinski definition) is 9. The van der Waals surface area contributed by atoms with E-state index in [0.717, 1.165) is 28.0 Å². The lowest BCUT2D eigenvalue weighted by Gasteiger charge is -2.23. The molecule has 33 heavy (non-hydrogen) atoms. The van der Waals surface area contributed by atoms with E-state index in [0.29, 0.717) is 30.7 Å². The largest absolute Gasteiger partial charge is 0.492 e. The van der Waals surface area contributed by atoms with Crippen molar-refractivity contribution in [3.8, 4) is 17.1 Å². The molecular formula is C23H28N8O2. The third-order valence-corrected chi connectivity index (χ3v) is 5.23. The van der Waals surface area contributed by atoms with Crippen LogP contribution in [0.5, 0.6) is 5.75 Å². The van der Waals surface area contributed by atoms with Gasteiger partial charge in [-0.3, -0.25) is 0 Å². The molecule has 4 rings (SSSR count). The second-order valence-corrected chi connectivity index (χ2v) is 8.14. The fourth-order valence-electron chi connectivity index (χ4n) is 3.22. The molecule has 2 N–H and O–H groups in total. The molecule has 4 aromatic rings. The fraction of sp³-hybridized carbons (Fsp3) is 0.348. The predicted octanol–water partition coefficient (Wildman–Crippen LogP) is 3.80. The maximum atomic E-state index is 5.87. The van der Waals surface area contributed by atoms with Gasteiger partial charge in [-0.2, -0.15) is 0 Å². The van der Waals surface area contributed by atoms with Crippen LogP contribution < -0.4 is 15.4 Å². The van der Waals surface area contributed by atoms with Crippen molar-refractivity contribution in [2.45, 2.75) is 26.4 Å². The number of pyridine rings is 1. The van der Waals surface area contributed by atoms with E-state index >= 15 is 0 Å². The minimum Gasteiger partial charge on any atom is -0.492 e. The van der Waals surface area contributed by atoms with Gasteiger partial charge in [-0.25, -0.2) is 15.0 Å². The Morgan fingerprint density at radius 1 is 1.15 bits per heavy atom. The summed E-state index contributed by atoms with van der Waals surface area (Å²) in [6.45, 7) is 7.06. The summed E-state index contributed by atoms with van der Waals surface area (Å²) >= 11 is 0. The van der Waals surface area contributed by atoms with Crippen LogP contribution in [-0.2, 0) is 11.8 Å². The highest BCUT2D eigenvalue weighted by atomic mass is 16.5. The molecule has 0 saturated carbocycles. The average molecular weight is 449 g/mol. The number of methoxy groups -OCH3 is 1. The normalized spacial score (nSPS) is 11.5. The van der Waals surface area contributed by atoms with Gasteiger partial charge in [0.05, 0.1) is 17.9 Å². The Morgan fingerprint density at radius 2 is 2.00 bits per heavy atom. The summed E-state index contributed by atoms with van der Waals surface area (Å²) in [5.41, 5.74) is 2.03. The maximum absolute atomic E-state index is 5.87. The number of fused-ring (bicyclic) bond motifs is 1. The number of aryl methyl sites for hydroxylation is 1. The molecule has 0 fully saturated rings. The molecule has 0 bridgehead atoms. The fourth-order valence-corrected chi connectivity index (χ4v) is 3.22. The molecule has 0 saturated heterocycles. The van der Waals surface area contributed by atoms with Crippen LogP contribution in [0.25, 0.3) is 22.3 Å². The Bertz CT molecular complexity index is 1250. The molecule has 3 heterocycles. The van der Waals surface area contributed by atoms with Gasteiger partial charge in [0.15, 0.2) is 11.6 Å². The molecule has 0 atom stereocenters. The second-order valence-electron chi connectivity index (χ2n) is 8.14. The summed E-state index contributed by atoms with van der Waals surface area (Å²) in [5, 5.41) is 15.6. The molecule has 10 heteroatoms. The third kappa shape index (κ3) is 5.01. The number of aromatic nitrogens is 6. The van der Waals surface area contributed by atoms with Crippen LogP contribution in [0.3, 0.4) is 0 Å². The molecule has 3 aromatic heterocycles. The van der Waals surface area contributed by atoms with Crippen LogP contribution in [0.15, 0.2) is 43.0 Å². The molecule has 0 unspecified atom stereocenters. The Labute approximate surface area is 192 Å². The Morgan fingerprint density at radius 3 is 2.73 bits per heavy atom. The first-order valence-corrected chi connectivity index (χ1v) is 10.7. The van der Waals surface area contributed by atoms with Crippen molar-refractivity contribution in [1.29, 1.82) is 0 Å². The van der Waals surface area contributed by atoms with Gasteiger partial charge in [0.25, 0.3) is 0 Å².